The molecule has 0 atom stereocenters. The molecule has 0 amide bonds. The molecular weight excluding hydrogens is 270 g/mol. The molecule has 0 saturated heterocycles. The van der Waals surface area contributed by atoms with Gasteiger partial charge in [0.1, 0.15) is 6.54 Å². The molecular formula is C14H17N5O2. The SMILES string of the molecule is CC(C)Cc1noc(Cn2c(=O)n(C)c3ccncc32)n1. The largest absolute Gasteiger partial charge is 0.337 e. The molecule has 0 aromatic carbocycles. The Morgan fingerprint density at radius 3 is 2.90 bits per heavy atom. The summed E-state index contributed by atoms with van der Waals surface area (Å²) in [5.74, 6) is 1.57. The zero-order valence-corrected chi connectivity index (χ0v) is 12.3. The Morgan fingerprint density at radius 1 is 1.33 bits per heavy atom. The highest BCUT2D eigenvalue weighted by Gasteiger charge is 2.14. The lowest BCUT2D eigenvalue weighted by molar-refractivity contribution is 0.364. The molecule has 7 nitrogen and oxygen atoms in total. The molecule has 3 rings (SSSR count). The fourth-order valence-corrected chi connectivity index (χ4v) is 2.35. The van der Waals surface area contributed by atoms with E-state index in [0.717, 1.165) is 17.5 Å². The number of imidazole rings is 1. The van der Waals surface area contributed by atoms with Crippen LogP contribution in [0.25, 0.3) is 11.0 Å². The lowest BCUT2D eigenvalue weighted by atomic mass is 10.1. The molecule has 0 unspecified atom stereocenters. The average Bonchev–Trinajstić information content (AvgIpc) is 2.98. The molecule has 3 aromatic rings. The Labute approximate surface area is 121 Å². The van der Waals surface area contributed by atoms with Gasteiger partial charge in [0.15, 0.2) is 5.82 Å². The molecule has 0 spiro atoms. The van der Waals surface area contributed by atoms with E-state index in [1.807, 2.05) is 6.07 Å². The summed E-state index contributed by atoms with van der Waals surface area (Å²) in [6, 6.07) is 1.81. The van der Waals surface area contributed by atoms with Crippen molar-refractivity contribution in [2.45, 2.75) is 26.8 Å². The number of rotatable bonds is 4. The van der Waals surface area contributed by atoms with Crippen LogP contribution in [0.5, 0.6) is 0 Å². The van der Waals surface area contributed by atoms with Gasteiger partial charge in [-0.1, -0.05) is 19.0 Å². The van der Waals surface area contributed by atoms with Crippen LogP contribution in [0.2, 0.25) is 0 Å². The van der Waals surface area contributed by atoms with Crippen LogP contribution in [-0.2, 0) is 20.0 Å². The predicted molar refractivity (Wildman–Crippen MR) is 76.9 cm³/mol. The van der Waals surface area contributed by atoms with Crippen LogP contribution < -0.4 is 5.69 Å². The maximum absolute atomic E-state index is 12.3. The quantitative estimate of drug-likeness (QED) is 0.724. The van der Waals surface area contributed by atoms with Gasteiger partial charge in [0.25, 0.3) is 0 Å². The molecule has 7 heteroatoms. The standard InChI is InChI=1S/C14H17N5O2/c1-9(2)6-12-16-13(21-17-12)8-19-11-7-15-5-4-10(11)18(3)14(19)20/h4-5,7,9H,6,8H2,1-3H3. The van der Waals surface area contributed by atoms with Crippen molar-refractivity contribution in [2.75, 3.05) is 0 Å². The lowest BCUT2D eigenvalue weighted by Crippen LogP contribution is -2.22. The monoisotopic (exact) mass is 287 g/mol. The number of nitrogens with zero attached hydrogens (tertiary/aromatic N) is 5. The second-order valence-corrected chi connectivity index (χ2v) is 5.49. The summed E-state index contributed by atoms with van der Waals surface area (Å²) in [5.41, 5.74) is 1.46. The normalized spacial score (nSPS) is 11.6. The van der Waals surface area contributed by atoms with Crippen LogP contribution in [0.4, 0.5) is 0 Å². The summed E-state index contributed by atoms with van der Waals surface area (Å²) in [5, 5.41) is 3.95. The Kier molecular flexibility index (Phi) is 3.32. The first-order valence-corrected chi connectivity index (χ1v) is 6.87. The van der Waals surface area contributed by atoms with Gasteiger partial charge in [0, 0.05) is 19.7 Å². The molecule has 0 aliphatic rings. The number of aromatic nitrogens is 5. The van der Waals surface area contributed by atoms with E-state index in [4.69, 9.17) is 4.52 Å². The molecule has 3 heterocycles. The van der Waals surface area contributed by atoms with Gasteiger partial charge < -0.3 is 4.52 Å². The summed E-state index contributed by atoms with van der Waals surface area (Å²) in [7, 11) is 1.74. The van der Waals surface area contributed by atoms with Crippen molar-refractivity contribution in [3.63, 3.8) is 0 Å². The van der Waals surface area contributed by atoms with Crippen molar-refractivity contribution >= 4 is 11.0 Å². The Morgan fingerprint density at radius 2 is 2.14 bits per heavy atom. The topological polar surface area (TPSA) is 78.7 Å². The summed E-state index contributed by atoms with van der Waals surface area (Å²) < 4.78 is 8.41. The van der Waals surface area contributed by atoms with Crippen molar-refractivity contribution in [1.29, 1.82) is 0 Å². The third kappa shape index (κ3) is 2.46. The second kappa shape index (κ2) is 5.16. The zero-order valence-electron chi connectivity index (χ0n) is 12.3. The van der Waals surface area contributed by atoms with Gasteiger partial charge in [-0.2, -0.15) is 4.98 Å². The van der Waals surface area contributed by atoms with Crippen molar-refractivity contribution in [1.82, 2.24) is 24.3 Å². The van der Waals surface area contributed by atoms with Gasteiger partial charge in [0.05, 0.1) is 17.2 Å². The Bertz CT molecular complexity index is 827. The minimum absolute atomic E-state index is 0.124. The van der Waals surface area contributed by atoms with E-state index in [1.165, 1.54) is 0 Å². The summed E-state index contributed by atoms with van der Waals surface area (Å²) in [4.78, 5) is 20.7. The summed E-state index contributed by atoms with van der Waals surface area (Å²) >= 11 is 0. The minimum Gasteiger partial charge on any atom is -0.337 e. The first kappa shape index (κ1) is 13.5. The van der Waals surface area contributed by atoms with Crippen molar-refractivity contribution in [3.8, 4) is 0 Å². The van der Waals surface area contributed by atoms with Gasteiger partial charge >= 0.3 is 5.69 Å². The van der Waals surface area contributed by atoms with E-state index in [1.54, 1.807) is 28.6 Å². The van der Waals surface area contributed by atoms with Crippen LogP contribution in [0.1, 0.15) is 25.6 Å². The van der Waals surface area contributed by atoms with E-state index in [9.17, 15) is 4.79 Å². The molecule has 0 N–H and O–H groups in total. The highest BCUT2D eigenvalue weighted by molar-refractivity contribution is 5.74. The van der Waals surface area contributed by atoms with E-state index in [2.05, 4.69) is 29.0 Å². The second-order valence-electron chi connectivity index (χ2n) is 5.49. The van der Waals surface area contributed by atoms with Crippen molar-refractivity contribution in [3.05, 3.63) is 40.7 Å². The highest BCUT2D eigenvalue weighted by Crippen LogP contribution is 2.12. The van der Waals surface area contributed by atoms with Gasteiger partial charge in [-0.05, 0) is 12.0 Å². The molecule has 0 bridgehead atoms. The summed E-state index contributed by atoms with van der Waals surface area (Å²) in [6.45, 7) is 4.45. The van der Waals surface area contributed by atoms with Crippen LogP contribution >= 0.6 is 0 Å². The summed E-state index contributed by atoms with van der Waals surface area (Å²) in [6.07, 6.45) is 4.09. The van der Waals surface area contributed by atoms with E-state index in [0.29, 0.717) is 17.6 Å². The van der Waals surface area contributed by atoms with Gasteiger partial charge in [-0.3, -0.25) is 14.1 Å². The van der Waals surface area contributed by atoms with Crippen LogP contribution in [0.15, 0.2) is 27.8 Å². The zero-order chi connectivity index (χ0) is 15.0. The fourth-order valence-electron chi connectivity index (χ4n) is 2.35. The maximum atomic E-state index is 12.3. The molecule has 0 fully saturated rings. The van der Waals surface area contributed by atoms with Crippen LogP contribution in [-0.4, -0.2) is 24.3 Å². The molecule has 0 saturated carbocycles. The number of hydrogen-bond acceptors (Lipinski definition) is 5. The first-order chi connectivity index (χ1) is 10.1. The number of aryl methyl sites for hydroxylation is 1. The maximum Gasteiger partial charge on any atom is 0.329 e. The van der Waals surface area contributed by atoms with Crippen LogP contribution in [0, 0.1) is 5.92 Å². The third-order valence-corrected chi connectivity index (χ3v) is 3.34. The van der Waals surface area contributed by atoms with Crippen molar-refractivity contribution in [2.24, 2.45) is 13.0 Å². The van der Waals surface area contributed by atoms with Gasteiger partial charge in [-0.15, -0.1) is 0 Å². The molecule has 3 aromatic heterocycles. The van der Waals surface area contributed by atoms with E-state index in [-0.39, 0.29) is 12.2 Å². The highest BCUT2D eigenvalue weighted by atomic mass is 16.5. The Balaban J connectivity index is 1.97. The van der Waals surface area contributed by atoms with Gasteiger partial charge in [-0.25, -0.2) is 4.79 Å². The number of pyridine rings is 1. The average molecular weight is 287 g/mol. The lowest BCUT2D eigenvalue weighted by Gasteiger charge is -1.98. The number of hydrogen-bond donors (Lipinski definition) is 0. The first-order valence-electron chi connectivity index (χ1n) is 6.87. The van der Waals surface area contributed by atoms with E-state index >= 15 is 0 Å². The van der Waals surface area contributed by atoms with Crippen LogP contribution in [0.3, 0.4) is 0 Å². The number of fused-ring (bicyclic) bond motifs is 1. The third-order valence-electron chi connectivity index (χ3n) is 3.34. The molecule has 0 radical (unpaired) electrons. The molecule has 0 aliphatic heterocycles. The predicted octanol–water partition coefficient (Wildman–Crippen LogP) is 1.36. The minimum atomic E-state index is -0.124. The fraction of sp³-hybridized carbons (Fsp3) is 0.429. The molecule has 110 valence electrons. The Hall–Kier alpha value is -2.44. The molecule has 0 aliphatic carbocycles. The van der Waals surface area contributed by atoms with Crippen molar-refractivity contribution < 1.29 is 4.52 Å². The van der Waals surface area contributed by atoms with E-state index < -0.39 is 0 Å². The van der Waals surface area contributed by atoms with Gasteiger partial charge in [0.2, 0.25) is 5.89 Å². The smallest absolute Gasteiger partial charge is 0.329 e. The molecule has 21 heavy (non-hydrogen) atoms.